The molecule has 74 valence electrons. The molecule has 0 aliphatic carbocycles. The molecule has 0 rings (SSSR count). The summed E-state index contributed by atoms with van der Waals surface area (Å²) in [7, 11) is 0. The molecule has 12 heavy (non-hydrogen) atoms. The summed E-state index contributed by atoms with van der Waals surface area (Å²) in [6.07, 6.45) is 0. The van der Waals surface area contributed by atoms with E-state index in [0.29, 0.717) is 4.43 Å². The van der Waals surface area contributed by atoms with E-state index in [2.05, 4.69) is 22.6 Å². The molecule has 0 heterocycles. The highest BCUT2D eigenvalue weighted by Crippen LogP contribution is 2.20. The van der Waals surface area contributed by atoms with E-state index in [9.17, 15) is 8.78 Å². The summed E-state index contributed by atoms with van der Waals surface area (Å²) in [5, 5.41) is 0. The summed E-state index contributed by atoms with van der Waals surface area (Å²) >= 11 is 7.63. The Kier molecular flexibility index (Phi) is 5.25. The second-order valence-corrected chi connectivity index (χ2v) is 4.11. The van der Waals surface area contributed by atoms with E-state index in [1.54, 1.807) is 6.92 Å². The van der Waals surface area contributed by atoms with Gasteiger partial charge in [0.1, 0.15) is 6.61 Å². The molecule has 0 aromatic heterocycles. The minimum atomic E-state index is -2.78. The van der Waals surface area contributed by atoms with E-state index in [0.717, 1.165) is 6.92 Å². The third-order valence-corrected chi connectivity index (χ3v) is 3.42. The quantitative estimate of drug-likeness (QED) is 0.560. The summed E-state index contributed by atoms with van der Waals surface area (Å²) < 4.78 is 30.3. The van der Waals surface area contributed by atoms with Crippen molar-refractivity contribution in [3.8, 4) is 0 Å². The average molecular weight is 313 g/mol. The number of hydrogen-bond acceptors (Lipinski definition) is 1. The smallest absolute Gasteiger partial charge is 0.268 e. The van der Waals surface area contributed by atoms with Gasteiger partial charge in [-0.1, -0.05) is 22.6 Å². The number of alkyl halides is 4. The standard InChI is InChI=1S/C7H12ClF2IO/c1-6(3-8,4-11)12-5-7(2,9)10/h3-5H2,1-2H3. The van der Waals surface area contributed by atoms with Gasteiger partial charge in [0.15, 0.2) is 0 Å². The lowest BCUT2D eigenvalue weighted by Gasteiger charge is -2.26. The minimum Gasteiger partial charge on any atom is -0.367 e. The summed E-state index contributed by atoms with van der Waals surface area (Å²) in [5.74, 6) is -2.55. The topological polar surface area (TPSA) is 9.23 Å². The van der Waals surface area contributed by atoms with Crippen molar-refractivity contribution in [1.82, 2.24) is 0 Å². The lowest BCUT2D eigenvalue weighted by molar-refractivity contribution is -0.107. The fraction of sp³-hybridized carbons (Fsp3) is 1.00. The van der Waals surface area contributed by atoms with Crippen molar-refractivity contribution >= 4 is 34.2 Å². The van der Waals surface area contributed by atoms with Gasteiger partial charge in [-0.15, -0.1) is 11.6 Å². The molecule has 0 N–H and O–H groups in total. The largest absolute Gasteiger partial charge is 0.367 e. The average Bonchev–Trinajstić information content (AvgIpc) is 1.99. The number of ether oxygens (including phenoxy) is 1. The Hall–Kier alpha value is 0.840. The zero-order chi connectivity index (χ0) is 9.83. The Balaban J connectivity index is 3.89. The molecule has 0 bridgehead atoms. The molecule has 0 aliphatic rings. The van der Waals surface area contributed by atoms with Crippen LogP contribution in [0, 0.1) is 0 Å². The molecule has 0 saturated heterocycles. The first kappa shape index (κ1) is 12.8. The molecule has 0 amide bonds. The van der Waals surface area contributed by atoms with Gasteiger partial charge in [-0.2, -0.15) is 0 Å². The molecule has 0 radical (unpaired) electrons. The molecular formula is C7H12ClF2IO. The van der Waals surface area contributed by atoms with Crippen LogP contribution in [0.15, 0.2) is 0 Å². The molecule has 0 aromatic carbocycles. The van der Waals surface area contributed by atoms with Crippen LogP contribution < -0.4 is 0 Å². The van der Waals surface area contributed by atoms with Crippen molar-refractivity contribution in [2.75, 3.05) is 16.9 Å². The van der Waals surface area contributed by atoms with Crippen LogP contribution in [0.2, 0.25) is 0 Å². The van der Waals surface area contributed by atoms with E-state index in [1.165, 1.54) is 0 Å². The second-order valence-electron chi connectivity index (χ2n) is 3.08. The van der Waals surface area contributed by atoms with Crippen LogP contribution in [0.3, 0.4) is 0 Å². The van der Waals surface area contributed by atoms with E-state index in [-0.39, 0.29) is 5.88 Å². The number of hydrogen-bond donors (Lipinski definition) is 0. The van der Waals surface area contributed by atoms with E-state index >= 15 is 0 Å². The molecule has 5 heteroatoms. The highest BCUT2D eigenvalue weighted by Gasteiger charge is 2.29. The van der Waals surface area contributed by atoms with Gasteiger partial charge in [0.25, 0.3) is 5.92 Å². The van der Waals surface area contributed by atoms with Gasteiger partial charge in [0.2, 0.25) is 0 Å². The fourth-order valence-electron chi connectivity index (χ4n) is 0.414. The van der Waals surface area contributed by atoms with Gasteiger partial charge in [-0.25, -0.2) is 8.78 Å². The van der Waals surface area contributed by atoms with E-state index in [4.69, 9.17) is 16.3 Å². The van der Waals surface area contributed by atoms with Gasteiger partial charge < -0.3 is 4.74 Å². The second kappa shape index (κ2) is 4.91. The summed E-state index contributed by atoms with van der Waals surface area (Å²) in [6, 6.07) is 0. The van der Waals surface area contributed by atoms with Crippen molar-refractivity contribution < 1.29 is 13.5 Å². The van der Waals surface area contributed by atoms with Crippen molar-refractivity contribution in [2.45, 2.75) is 25.4 Å². The monoisotopic (exact) mass is 312 g/mol. The molecule has 1 nitrogen and oxygen atoms in total. The maximum absolute atomic E-state index is 12.4. The van der Waals surface area contributed by atoms with Crippen LogP contribution in [-0.4, -0.2) is 28.4 Å². The molecule has 0 spiro atoms. The predicted octanol–water partition coefficient (Wildman–Crippen LogP) is 3.09. The first-order valence-electron chi connectivity index (χ1n) is 3.47. The Morgan fingerprint density at radius 3 is 2.17 bits per heavy atom. The summed E-state index contributed by atoms with van der Waals surface area (Å²) in [6.45, 7) is 1.98. The third-order valence-electron chi connectivity index (χ3n) is 1.24. The zero-order valence-electron chi connectivity index (χ0n) is 7.04. The van der Waals surface area contributed by atoms with Crippen LogP contribution in [0.4, 0.5) is 8.78 Å². The number of rotatable bonds is 5. The van der Waals surface area contributed by atoms with Crippen molar-refractivity contribution in [2.24, 2.45) is 0 Å². The fourth-order valence-corrected chi connectivity index (χ4v) is 1.39. The van der Waals surface area contributed by atoms with Crippen LogP contribution in [-0.2, 0) is 4.74 Å². The van der Waals surface area contributed by atoms with Gasteiger partial charge in [-0.3, -0.25) is 0 Å². The summed E-state index contributed by atoms with van der Waals surface area (Å²) in [4.78, 5) is 0. The Morgan fingerprint density at radius 2 is 1.92 bits per heavy atom. The third kappa shape index (κ3) is 5.48. The van der Waals surface area contributed by atoms with E-state index < -0.39 is 18.1 Å². The van der Waals surface area contributed by atoms with Crippen LogP contribution in [0.25, 0.3) is 0 Å². The van der Waals surface area contributed by atoms with Crippen LogP contribution in [0.1, 0.15) is 13.8 Å². The van der Waals surface area contributed by atoms with Crippen LogP contribution in [0.5, 0.6) is 0 Å². The molecule has 0 aliphatic heterocycles. The molecular weight excluding hydrogens is 300 g/mol. The molecule has 0 saturated carbocycles. The maximum atomic E-state index is 12.4. The van der Waals surface area contributed by atoms with Crippen molar-refractivity contribution in [3.63, 3.8) is 0 Å². The van der Waals surface area contributed by atoms with Gasteiger partial charge in [0.05, 0.1) is 11.5 Å². The lowest BCUT2D eigenvalue weighted by atomic mass is 10.2. The Labute approximate surface area is 89.9 Å². The minimum absolute atomic E-state index is 0.228. The van der Waals surface area contributed by atoms with Gasteiger partial charge in [-0.05, 0) is 6.92 Å². The molecule has 0 fully saturated rings. The van der Waals surface area contributed by atoms with Gasteiger partial charge in [0, 0.05) is 11.4 Å². The summed E-state index contributed by atoms with van der Waals surface area (Å²) in [5.41, 5.74) is -0.637. The normalized spacial score (nSPS) is 17.5. The first-order valence-corrected chi connectivity index (χ1v) is 5.53. The van der Waals surface area contributed by atoms with E-state index in [1.807, 2.05) is 0 Å². The zero-order valence-corrected chi connectivity index (χ0v) is 9.95. The highest BCUT2D eigenvalue weighted by molar-refractivity contribution is 14.1. The van der Waals surface area contributed by atoms with Crippen molar-refractivity contribution in [3.05, 3.63) is 0 Å². The highest BCUT2D eigenvalue weighted by atomic mass is 127. The Bertz CT molecular complexity index is 134. The predicted molar refractivity (Wildman–Crippen MR) is 54.6 cm³/mol. The van der Waals surface area contributed by atoms with Crippen molar-refractivity contribution in [1.29, 1.82) is 0 Å². The maximum Gasteiger partial charge on any atom is 0.268 e. The van der Waals surface area contributed by atoms with Gasteiger partial charge >= 0.3 is 0 Å². The SMILES string of the molecule is CC(F)(F)COC(C)(CCl)CI. The lowest BCUT2D eigenvalue weighted by Crippen LogP contribution is -2.37. The molecule has 0 aromatic rings. The molecule has 1 unspecified atom stereocenters. The molecule has 1 atom stereocenters. The first-order chi connectivity index (χ1) is 5.33. The van der Waals surface area contributed by atoms with Crippen LogP contribution >= 0.6 is 34.2 Å². The Morgan fingerprint density at radius 1 is 1.42 bits per heavy atom. The number of halogens is 4.